The largest absolute Gasteiger partial charge is 0.508 e. The molecule has 2 aromatic carbocycles. The van der Waals surface area contributed by atoms with Gasteiger partial charge in [0.15, 0.2) is 5.96 Å². The van der Waals surface area contributed by atoms with Crippen LogP contribution in [0.15, 0.2) is 44.3 Å². The Morgan fingerprint density at radius 3 is 2.56 bits per heavy atom. The highest BCUT2D eigenvalue weighted by Gasteiger charge is 2.23. The van der Waals surface area contributed by atoms with Gasteiger partial charge in [0.05, 0.1) is 36.1 Å². The van der Waals surface area contributed by atoms with Crippen molar-refractivity contribution in [3.63, 3.8) is 0 Å². The third-order valence-electron chi connectivity index (χ3n) is 4.96. The molecule has 0 fully saturated rings. The highest BCUT2D eigenvalue weighted by atomic mass is 79.9. The summed E-state index contributed by atoms with van der Waals surface area (Å²) in [4.78, 5) is 40.6. The average molecular weight is 629 g/mol. The van der Waals surface area contributed by atoms with Crippen LogP contribution in [0, 0.1) is 0 Å². The molecule has 0 aliphatic carbocycles. The summed E-state index contributed by atoms with van der Waals surface area (Å²) in [7, 11) is 0. The number of aliphatic hydroxyl groups excluding tert-OH is 1. The first-order valence-corrected chi connectivity index (χ1v) is 12.1. The Morgan fingerprint density at radius 1 is 1.14 bits per heavy atom. The number of carboxylic acid groups (broad SMARTS) is 1. The van der Waals surface area contributed by atoms with E-state index in [1.54, 1.807) is 6.07 Å². The lowest BCUT2D eigenvalue weighted by atomic mass is 10.0. The summed E-state index contributed by atoms with van der Waals surface area (Å²) in [6, 6.07) is 6.00. The van der Waals surface area contributed by atoms with Gasteiger partial charge in [0, 0.05) is 33.9 Å². The average Bonchev–Trinajstić information content (AvgIpc) is 2.80. The van der Waals surface area contributed by atoms with Crippen molar-refractivity contribution in [2.45, 2.75) is 18.6 Å². The fourth-order valence-electron chi connectivity index (χ4n) is 3.34. The van der Waals surface area contributed by atoms with Gasteiger partial charge in [-0.15, -0.1) is 0 Å². The maximum atomic E-state index is 12.6. The molecular formula is C22H23Br2N5O7. The van der Waals surface area contributed by atoms with Crippen LogP contribution in [0.2, 0.25) is 0 Å². The Kier molecular flexibility index (Phi) is 9.12. The highest BCUT2D eigenvalue weighted by Crippen LogP contribution is 2.36. The molecule has 0 spiro atoms. The maximum absolute atomic E-state index is 12.6. The fourth-order valence-corrected chi connectivity index (χ4v) is 4.60. The number of anilines is 1. The summed E-state index contributed by atoms with van der Waals surface area (Å²) in [5.41, 5.74) is 0.579. The highest BCUT2D eigenvalue weighted by molar-refractivity contribution is 9.11. The molecule has 1 heterocycles. The van der Waals surface area contributed by atoms with Crippen molar-refractivity contribution in [2.24, 2.45) is 4.99 Å². The number of phenolic OH excluding ortho intramolecular Hbond substituents is 2. The quantitative estimate of drug-likeness (QED) is 0.213. The number of halogens is 2. The number of carbonyl (C=O) groups excluding carboxylic acids is 2. The number of hydrogen-bond donors (Lipinski definition) is 8. The zero-order valence-electron chi connectivity index (χ0n) is 18.6. The Labute approximate surface area is 222 Å². The van der Waals surface area contributed by atoms with E-state index < -0.39 is 42.9 Å². The number of benzene rings is 2. The van der Waals surface area contributed by atoms with E-state index in [4.69, 9.17) is 0 Å². The lowest BCUT2D eigenvalue weighted by Gasteiger charge is -2.20. The van der Waals surface area contributed by atoms with Gasteiger partial charge in [0.25, 0.3) is 5.91 Å². The van der Waals surface area contributed by atoms with Gasteiger partial charge in [-0.05, 0) is 40.2 Å². The number of phenols is 2. The van der Waals surface area contributed by atoms with Crippen molar-refractivity contribution < 1.29 is 34.8 Å². The summed E-state index contributed by atoms with van der Waals surface area (Å²) in [6.45, 7) is 0.00817. The van der Waals surface area contributed by atoms with Crippen LogP contribution in [0.5, 0.6) is 11.5 Å². The van der Waals surface area contributed by atoms with Crippen LogP contribution >= 0.6 is 31.9 Å². The van der Waals surface area contributed by atoms with Crippen LogP contribution in [-0.2, 0) is 9.59 Å². The summed E-state index contributed by atoms with van der Waals surface area (Å²) < 4.78 is 0.864. The first-order chi connectivity index (χ1) is 17.0. The minimum Gasteiger partial charge on any atom is -0.508 e. The molecule has 0 radical (unpaired) electrons. The van der Waals surface area contributed by atoms with Gasteiger partial charge in [-0.3, -0.25) is 19.4 Å². The predicted molar refractivity (Wildman–Crippen MR) is 137 cm³/mol. The van der Waals surface area contributed by atoms with E-state index >= 15 is 0 Å². The van der Waals surface area contributed by atoms with Crippen molar-refractivity contribution in [3.05, 3.63) is 50.4 Å². The molecule has 36 heavy (non-hydrogen) atoms. The number of amides is 2. The number of aliphatic hydroxyl groups is 1. The van der Waals surface area contributed by atoms with Crippen LogP contribution < -0.4 is 21.3 Å². The number of hydrogen-bond acceptors (Lipinski definition) is 9. The van der Waals surface area contributed by atoms with Gasteiger partial charge in [-0.25, -0.2) is 0 Å². The molecule has 0 saturated heterocycles. The molecule has 192 valence electrons. The summed E-state index contributed by atoms with van der Waals surface area (Å²) in [6.07, 6.45) is -1.11. The monoisotopic (exact) mass is 627 g/mol. The number of rotatable bonds is 8. The molecule has 1 aliphatic heterocycles. The fraction of sp³-hybridized carbons (Fsp3) is 0.273. The molecule has 0 saturated carbocycles. The molecule has 2 aromatic rings. The number of carbonyl (C=O) groups is 3. The van der Waals surface area contributed by atoms with E-state index in [9.17, 15) is 34.8 Å². The normalized spacial score (nSPS) is 15.8. The van der Waals surface area contributed by atoms with E-state index in [1.165, 1.54) is 24.3 Å². The summed E-state index contributed by atoms with van der Waals surface area (Å²) in [5, 5.41) is 49.8. The van der Waals surface area contributed by atoms with E-state index in [1.807, 2.05) is 0 Å². The predicted octanol–water partition coefficient (Wildman–Crippen LogP) is 1.42. The van der Waals surface area contributed by atoms with Gasteiger partial charge in [-0.2, -0.15) is 0 Å². The number of aliphatic imine (C=N–C) groups is 1. The Morgan fingerprint density at radius 2 is 1.89 bits per heavy atom. The third-order valence-corrected chi connectivity index (χ3v) is 6.03. The van der Waals surface area contributed by atoms with Gasteiger partial charge in [0.1, 0.15) is 11.5 Å². The molecule has 0 bridgehead atoms. The topological polar surface area (TPSA) is 193 Å². The smallest absolute Gasteiger partial charge is 0.305 e. The van der Waals surface area contributed by atoms with Gasteiger partial charge < -0.3 is 41.7 Å². The second kappa shape index (κ2) is 12.1. The first kappa shape index (κ1) is 27.2. The first-order valence-electron chi connectivity index (χ1n) is 10.6. The Bertz CT molecular complexity index is 1210. The van der Waals surface area contributed by atoms with Crippen LogP contribution in [0.25, 0.3) is 0 Å². The number of aliphatic carboxylic acids is 1. The zero-order valence-corrected chi connectivity index (χ0v) is 21.8. The number of nitrogens with zero attached hydrogens (tertiary/aromatic N) is 1. The molecule has 2 atom stereocenters. The van der Waals surface area contributed by atoms with Gasteiger partial charge in [-0.1, -0.05) is 15.9 Å². The SMILES string of the molecule is O=C(O)C[C@@H](NC(=O)CNC(=O)c1cc(O)cc(NC2=NCC(O)CN2)c1)c1cc(Br)cc(Br)c1O. The van der Waals surface area contributed by atoms with Crippen LogP contribution in [0.3, 0.4) is 0 Å². The molecule has 8 N–H and O–H groups in total. The molecular weight excluding hydrogens is 606 g/mol. The summed E-state index contributed by atoms with van der Waals surface area (Å²) >= 11 is 6.44. The lowest BCUT2D eigenvalue weighted by Crippen LogP contribution is -2.42. The van der Waals surface area contributed by atoms with Crippen LogP contribution in [0.4, 0.5) is 5.69 Å². The van der Waals surface area contributed by atoms with Crippen molar-refractivity contribution in [1.29, 1.82) is 0 Å². The van der Waals surface area contributed by atoms with Crippen LogP contribution in [-0.4, -0.2) is 69.9 Å². The molecule has 2 amide bonds. The minimum atomic E-state index is -1.20. The standard InChI is InChI=1S/C22H23Br2N5O7/c23-11-3-15(20(35)16(24)4-11)17(6-19(33)34)29-18(32)9-25-21(36)10-1-12(5-13(30)2-10)28-22-26-7-14(31)8-27-22/h1-5,14,17,30-31,35H,6-9H2,(H,25,36)(H,29,32)(H,33,34)(H2,26,27,28)/t17-/m1/s1. The maximum Gasteiger partial charge on any atom is 0.305 e. The van der Waals surface area contributed by atoms with E-state index in [-0.39, 0.29) is 29.2 Å². The molecule has 1 unspecified atom stereocenters. The molecule has 14 heteroatoms. The third kappa shape index (κ3) is 7.57. The van der Waals surface area contributed by atoms with Crippen molar-refractivity contribution in [1.82, 2.24) is 16.0 Å². The van der Waals surface area contributed by atoms with Crippen molar-refractivity contribution >= 4 is 61.3 Å². The Balaban J connectivity index is 1.66. The second-order valence-electron chi connectivity index (χ2n) is 7.84. The van der Waals surface area contributed by atoms with Gasteiger partial charge >= 0.3 is 5.97 Å². The lowest BCUT2D eigenvalue weighted by molar-refractivity contribution is -0.137. The van der Waals surface area contributed by atoms with Crippen LogP contribution in [0.1, 0.15) is 28.4 Å². The zero-order chi connectivity index (χ0) is 26.4. The summed E-state index contributed by atoms with van der Waals surface area (Å²) in [5.74, 6) is -2.62. The van der Waals surface area contributed by atoms with E-state index in [0.29, 0.717) is 27.1 Å². The Hall–Kier alpha value is -3.36. The number of β-amino-alcohol motifs (C(OH)–C–C–N with tert-alkyl or cyclic N) is 1. The number of nitrogens with one attached hydrogen (secondary N) is 4. The molecule has 12 nitrogen and oxygen atoms in total. The number of carboxylic acids is 1. The minimum absolute atomic E-state index is 0.0531. The van der Waals surface area contributed by atoms with Gasteiger partial charge in [0.2, 0.25) is 5.91 Å². The van der Waals surface area contributed by atoms with Crippen molar-refractivity contribution in [3.8, 4) is 11.5 Å². The molecule has 3 rings (SSSR count). The second-order valence-corrected chi connectivity index (χ2v) is 9.61. The van der Waals surface area contributed by atoms with E-state index in [0.717, 1.165) is 0 Å². The van der Waals surface area contributed by atoms with Crippen molar-refractivity contribution in [2.75, 3.05) is 25.0 Å². The number of guanidine groups is 1. The molecule has 0 aromatic heterocycles. The number of aromatic hydroxyl groups is 2. The molecule has 1 aliphatic rings. The van der Waals surface area contributed by atoms with E-state index in [2.05, 4.69) is 58.1 Å².